The molecule has 0 radical (unpaired) electrons. The highest BCUT2D eigenvalue weighted by molar-refractivity contribution is 7.99. The van der Waals surface area contributed by atoms with Crippen LogP contribution in [0, 0.1) is 28.6 Å². The summed E-state index contributed by atoms with van der Waals surface area (Å²) in [7, 11) is 0. The minimum atomic E-state index is -0.181. The number of rotatable bonds is 7. The Morgan fingerprint density at radius 3 is 2.73 bits per heavy atom. The van der Waals surface area contributed by atoms with E-state index in [1.165, 1.54) is 11.8 Å². The predicted octanol–water partition coefficient (Wildman–Crippen LogP) is 4.06. The third-order valence-corrected chi connectivity index (χ3v) is 5.60. The fourth-order valence-corrected chi connectivity index (χ4v) is 4.11. The Morgan fingerprint density at radius 2 is 2.04 bits per heavy atom. The van der Waals surface area contributed by atoms with Gasteiger partial charge in [0.25, 0.3) is 0 Å². The molecule has 1 aliphatic rings. The number of benzene rings is 1. The number of thioether (sulfide) groups is 1. The van der Waals surface area contributed by atoms with Gasteiger partial charge in [-0.2, -0.15) is 10.5 Å². The summed E-state index contributed by atoms with van der Waals surface area (Å²) < 4.78 is 2.01. The van der Waals surface area contributed by atoms with E-state index < -0.39 is 0 Å². The van der Waals surface area contributed by atoms with E-state index in [1.54, 1.807) is 0 Å². The van der Waals surface area contributed by atoms with Crippen LogP contribution in [-0.2, 0) is 0 Å². The van der Waals surface area contributed by atoms with Crippen LogP contribution in [0.2, 0.25) is 5.02 Å². The van der Waals surface area contributed by atoms with E-state index in [2.05, 4.69) is 27.2 Å². The summed E-state index contributed by atoms with van der Waals surface area (Å²) in [5.41, 5.74) is 0.914. The maximum absolute atomic E-state index is 9.29. The van der Waals surface area contributed by atoms with Crippen LogP contribution in [0.3, 0.4) is 0 Å². The Bertz CT molecular complexity index is 831. The molecular weight excluding hydrogens is 368 g/mol. The third kappa shape index (κ3) is 4.30. The van der Waals surface area contributed by atoms with Gasteiger partial charge in [0.05, 0.1) is 23.7 Å². The number of anilines is 1. The highest BCUT2D eigenvalue weighted by Gasteiger charge is 2.23. The Morgan fingerprint density at radius 1 is 1.23 bits per heavy atom. The molecule has 1 saturated heterocycles. The molecule has 0 aliphatic carbocycles. The minimum absolute atomic E-state index is 0.181. The molecule has 26 heavy (non-hydrogen) atoms. The Labute approximate surface area is 162 Å². The van der Waals surface area contributed by atoms with Crippen LogP contribution >= 0.6 is 23.4 Å². The van der Waals surface area contributed by atoms with Gasteiger partial charge in [0, 0.05) is 30.3 Å². The van der Waals surface area contributed by atoms with Crippen LogP contribution in [0.4, 0.5) is 5.95 Å². The first-order valence-electron chi connectivity index (χ1n) is 8.58. The van der Waals surface area contributed by atoms with Crippen LogP contribution in [0.5, 0.6) is 0 Å². The Hall–Kier alpha value is -2.22. The molecule has 0 amide bonds. The molecular formula is C18H19ClN6S. The van der Waals surface area contributed by atoms with Gasteiger partial charge >= 0.3 is 0 Å². The number of aromatic nitrogens is 3. The van der Waals surface area contributed by atoms with Crippen molar-refractivity contribution >= 4 is 29.3 Å². The van der Waals surface area contributed by atoms with Gasteiger partial charge in [-0.25, -0.2) is 0 Å². The smallest absolute Gasteiger partial charge is 0.232 e. The Kier molecular flexibility index (Phi) is 6.38. The number of hydrogen-bond donors (Lipinski definition) is 0. The summed E-state index contributed by atoms with van der Waals surface area (Å²) in [4.78, 5) is 2.23. The number of nitrogens with zero attached hydrogens (tertiary/aromatic N) is 6. The van der Waals surface area contributed by atoms with Crippen molar-refractivity contribution in [1.82, 2.24) is 14.8 Å². The summed E-state index contributed by atoms with van der Waals surface area (Å²) >= 11 is 7.68. The van der Waals surface area contributed by atoms with Gasteiger partial charge in [-0.1, -0.05) is 29.4 Å². The number of halogens is 1. The predicted molar refractivity (Wildman–Crippen MR) is 102 cm³/mol. The normalized spacial score (nSPS) is 14.8. The largest absolute Gasteiger partial charge is 0.341 e. The van der Waals surface area contributed by atoms with Crippen LogP contribution in [0.25, 0.3) is 5.69 Å². The quantitative estimate of drug-likeness (QED) is 0.667. The monoisotopic (exact) mass is 386 g/mol. The first kappa shape index (κ1) is 18.6. The number of nitriles is 2. The van der Waals surface area contributed by atoms with E-state index in [-0.39, 0.29) is 5.92 Å². The highest BCUT2D eigenvalue weighted by atomic mass is 35.5. The van der Waals surface area contributed by atoms with Crippen molar-refractivity contribution in [3.05, 3.63) is 29.3 Å². The van der Waals surface area contributed by atoms with Gasteiger partial charge in [0.1, 0.15) is 0 Å². The Balaban J connectivity index is 1.88. The average Bonchev–Trinajstić information content (AvgIpc) is 3.31. The molecule has 1 fully saturated rings. The molecule has 0 saturated carbocycles. The molecule has 0 N–H and O–H groups in total. The van der Waals surface area contributed by atoms with Gasteiger partial charge in [0.15, 0.2) is 5.16 Å². The van der Waals surface area contributed by atoms with Crippen molar-refractivity contribution in [3.8, 4) is 17.8 Å². The number of hydrogen-bond acceptors (Lipinski definition) is 6. The van der Waals surface area contributed by atoms with Crippen LogP contribution in [-0.4, -0.2) is 33.6 Å². The van der Waals surface area contributed by atoms with Crippen LogP contribution in [0.1, 0.15) is 25.7 Å². The summed E-state index contributed by atoms with van der Waals surface area (Å²) in [6.45, 7) is 1.93. The molecule has 1 aromatic heterocycles. The van der Waals surface area contributed by atoms with Gasteiger partial charge in [-0.3, -0.25) is 4.57 Å². The fourth-order valence-electron chi connectivity index (χ4n) is 2.92. The first-order chi connectivity index (χ1) is 12.7. The van der Waals surface area contributed by atoms with Crippen LogP contribution in [0.15, 0.2) is 29.4 Å². The lowest BCUT2D eigenvalue weighted by atomic mass is 10.1. The van der Waals surface area contributed by atoms with Crippen LogP contribution < -0.4 is 4.90 Å². The SMILES string of the molecule is N#CCC[C@@H](C#N)CSc1nnc(N2CCCC2)n1-c1cccc(Cl)c1. The van der Waals surface area contributed by atoms with E-state index in [4.69, 9.17) is 16.9 Å². The van der Waals surface area contributed by atoms with E-state index >= 15 is 0 Å². The zero-order chi connectivity index (χ0) is 18.4. The maximum Gasteiger partial charge on any atom is 0.232 e. The molecule has 0 spiro atoms. The molecule has 0 unspecified atom stereocenters. The van der Waals surface area contributed by atoms with Crippen molar-refractivity contribution in [2.75, 3.05) is 23.7 Å². The molecule has 1 aromatic carbocycles. The van der Waals surface area contributed by atoms with E-state index in [1.807, 2.05) is 28.8 Å². The van der Waals surface area contributed by atoms with Gasteiger partial charge in [0.2, 0.25) is 5.95 Å². The van der Waals surface area contributed by atoms with Crippen molar-refractivity contribution in [2.45, 2.75) is 30.8 Å². The molecule has 1 atom stereocenters. The summed E-state index contributed by atoms with van der Waals surface area (Å²) in [6.07, 6.45) is 3.26. The molecule has 0 bridgehead atoms. The molecule has 3 rings (SSSR count). The standard InChI is InChI=1S/C18H19ClN6S/c19-15-6-3-7-16(11-15)25-17(24-9-1-2-10-24)22-23-18(25)26-13-14(12-21)5-4-8-20/h3,6-7,11,14H,1-2,4-5,9-10,13H2/t14-/m0/s1. The second-order valence-corrected chi connectivity index (χ2v) is 7.55. The first-order valence-corrected chi connectivity index (χ1v) is 9.95. The summed E-state index contributed by atoms with van der Waals surface area (Å²) in [6, 6.07) is 12.0. The topological polar surface area (TPSA) is 81.5 Å². The molecule has 2 aromatic rings. The third-order valence-electron chi connectivity index (χ3n) is 4.27. The fraction of sp³-hybridized carbons (Fsp3) is 0.444. The lowest BCUT2D eigenvalue weighted by Crippen LogP contribution is -2.22. The van der Waals surface area contributed by atoms with Gasteiger partial charge in [-0.15, -0.1) is 10.2 Å². The van der Waals surface area contributed by atoms with E-state index in [9.17, 15) is 5.26 Å². The molecule has 1 aliphatic heterocycles. The highest BCUT2D eigenvalue weighted by Crippen LogP contribution is 2.30. The van der Waals surface area contributed by atoms with Crippen molar-refractivity contribution in [3.63, 3.8) is 0 Å². The summed E-state index contributed by atoms with van der Waals surface area (Å²) in [5.74, 6) is 1.22. The zero-order valence-corrected chi connectivity index (χ0v) is 15.9. The van der Waals surface area contributed by atoms with E-state index in [0.717, 1.165) is 42.7 Å². The lowest BCUT2D eigenvalue weighted by Gasteiger charge is -2.18. The van der Waals surface area contributed by atoms with Crippen molar-refractivity contribution in [2.24, 2.45) is 5.92 Å². The average molecular weight is 387 g/mol. The minimum Gasteiger partial charge on any atom is -0.341 e. The lowest BCUT2D eigenvalue weighted by molar-refractivity contribution is 0.683. The van der Waals surface area contributed by atoms with Gasteiger partial charge in [-0.05, 0) is 37.5 Å². The second-order valence-electron chi connectivity index (χ2n) is 6.13. The zero-order valence-electron chi connectivity index (χ0n) is 14.3. The van der Waals surface area contributed by atoms with Gasteiger partial charge < -0.3 is 4.90 Å². The second kappa shape index (κ2) is 8.93. The molecule has 2 heterocycles. The molecule has 6 nitrogen and oxygen atoms in total. The molecule has 134 valence electrons. The summed E-state index contributed by atoms with van der Waals surface area (Å²) in [5, 5.41) is 28.2. The van der Waals surface area contributed by atoms with E-state index in [0.29, 0.717) is 23.6 Å². The molecule has 8 heteroatoms. The van der Waals surface area contributed by atoms with Crippen molar-refractivity contribution < 1.29 is 0 Å². The van der Waals surface area contributed by atoms with Crippen molar-refractivity contribution in [1.29, 1.82) is 10.5 Å². The maximum atomic E-state index is 9.29.